The number of methoxy groups -OCH3 is 1. The Balaban J connectivity index is 1.98. The molecule has 1 heterocycles. The zero-order valence-corrected chi connectivity index (χ0v) is 12.2. The first-order valence-corrected chi connectivity index (χ1v) is 6.85. The van der Waals surface area contributed by atoms with Gasteiger partial charge in [0.15, 0.2) is 0 Å². The average molecular weight is 294 g/mol. The van der Waals surface area contributed by atoms with Gasteiger partial charge in [-0.25, -0.2) is 4.39 Å². The van der Waals surface area contributed by atoms with Crippen molar-refractivity contribution < 1.29 is 18.7 Å². The Morgan fingerprint density at radius 3 is 3.00 bits per heavy atom. The normalized spacial score (nSPS) is 18.1. The van der Waals surface area contributed by atoms with Gasteiger partial charge in [0.25, 0.3) is 0 Å². The van der Waals surface area contributed by atoms with Gasteiger partial charge in [0.1, 0.15) is 5.82 Å². The van der Waals surface area contributed by atoms with Gasteiger partial charge in [-0.15, -0.1) is 0 Å². The van der Waals surface area contributed by atoms with Crippen molar-refractivity contribution in [1.82, 2.24) is 4.90 Å². The summed E-state index contributed by atoms with van der Waals surface area (Å²) < 4.78 is 18.1. The van der Waals surface area contributed by atoms with Crippen LogP contribution in [0.3, 0.4) is 0 Å². The lowest BCUT2D eigenvalue weighted by Crippen LogP contribution is -2.30. The van der Waals surface area contributed by atoms with Gasteiger partial charge in [-0.05, 0) is 24.6 Å². The van der Waals surface area contributed by atoms with Crippen molar-refractivity contribution in [3.8, 4) is 0 Å². The van der Waals surface area contributed by atoms with Crippen molar-refractivity contribution in [2.24, 2.45) is 5.92 Å². The summed E-state index contributed by atoms with van der Waals surface area (Å²) in [5.41, 5.74) is 1.23. The SMILES string of the molecule is COCCN1C[C@@H](C(=O)Nc2cc(F)ccc2C)CC1=O. The van der Waals surface area contributed by atoms with E-state index in [1.807, 2.05) is 0 Å². The summed E-state index contributed by atoms with van der Waals surface area (Å²) in [6.45, 7) is 3.10. The van der Waals surface area contributed by atoms with Crippen LogP contribution in [0.25, 0.3) is 0 Å². The summed E-state index contributed by atoms with van der Waals surface area (Å²) in [6.07, 6.45) is 0.184. The molecule has 1 saturated heterocycles. The van der Waals surface area contributed by atoms with Crippen LogP contribution in [-0.2, 0) is 14.3 Å². The smallest absolute Gasteiger partial charge is 0.229 e. The van der Waals surface area contributed by atoms with Crippen LogP contribution in [0.5, 0.6) is 0 Å². The number of rotatable bonds is 5. The molecule has 2 rings (SSSR count). The largest absolute Gasteiger partial charge is 0.383 e. The lowest BCUT2D eigenvalue weighted by Gasteiger charge is -2.16. The van der Waals surface area contributed by atoms with Crippen LogP contribution in [0, 0.1) is 18.7 Å². The van der Waals surface area contributed by atoms with E-state index in [2.05, 4.69) is 5.32 Å². The van der Waals surface area contributed by atoms with E-state index in [1.54, 1.807) is 25.0 Å². The highest BCUT2D eigenvalue weighted by Gasteiger charge is 2.34. The monoisotopic (exact) mass is 294 g/mol. The van der Waals surface area contributed by atoms with Crippen molar-refractivity contribution in [2.75, 3.05) is 32.1 Å². The number of amides is 2. The number of benzene rings is 1. The molecule has 1 N–H and O–H groups in total. The highest BCUT2D eigenvalue weighted by Crippen LogP contribution is 2.21. The summed E-state index contributed by atoms with van der Waals surface area (Å²) in [6, 6.07) is 4.24. The Morgan fingerprint density at radius 1 is 1.52 bits per heavy atom. The fourth-order valence-electron chi connectivity index (χ4n) is 2.33. The molecule has 1 aliphatic rings. The molecule has 1 fully saturated rings. The van der Waals surface area contributed by atoms with E-state index in [1.165, 1.54) is 12.1 Å². The second-order valence-electron chi connectivity index (χ2n) is 5.18. The minimum absolute atomic E-state index is 0.0526. The summed E-state index contributed by atoms with van der Waals surface area (Å²) >= 11 is 0. The van der Waals surface area contributed by atoms with Gasteiger partial charge >= 0.3 is 0 Å². The zero-order valence-electron chi connectivity index (χ0n) is 12.2. The van der Waals surface area contributed by atoms with Crippen LogP contribution in [0.15, 0.2) is 18.2 Å². The third-order valence-electron chi connectivity index (χ3n) is 3.61. The number of hydrogen-bond donors (Lipinski definition) is 1. The van der Waals surface area contributed by atoms with Crippen LogP contribution in [-0.4, -0.2) is 43.5 Å². The second-order valence-corrected chi connectivity index (χ2v) is 5.18. The number of likely N-dealkylation sites (tertiary alicyclic amines) is 1. The number of aryl methyl sites for hydroxylation is 1. The third-order valence-corrected chi connectivity index (χ3v) is 3.61. The Kier molecular flexibility index (Phi) is 4.90. The van der Waals surface area contributed by atoms with E-state index in [9.17, 15) is 14.0 Å². The second kappa shape index (κ2) is 6.67. The van der Waals surface area contributed by atoms with Gasteiger partial charge in [0.05, 0.1) is 12.5 Å². The quantitative estimate of drug-likeness (QED) is 0.896. The number of hydrogen-bond acceptors (Lipinski definition) is 3. The molecule has 1 aromatic rings. The Morgan fingerprint density at radius 2 is 2.29 bits per heavy atom. The van der Waals surface area contributed by atoms with Gasteiger partial charge in [-0.3, -0.25) is 9.59 Å². The molecule has 0 bridgehead atoms. The molecule has 0 aromatic heterocycles. The number of nitrogens with one attached hydrogen (secondary N) is 1. The molecule has 5 nitrogen and oxygen atoms in total. The first kappa shape index (κ1) is 15.4. The van der Waals surface area contributed by atoms with E-state index in [0.717, 1.165) is 5.56 Å². The first-order valence-electron chi connectivity index (χ1n) is 6.85. The van der Waals surface area contributed by atoms with Crippen LogP contribution in [0.1, 0.15) is 12.0 Å². The molecule has 1 aliphatic heterocycles. The molecule has 2 amide bonds. The van der Waals surface area contributed by atoms with E-state index in [4.69, 9.17) is 4.74 Å². The lowest BCUT2D eigenvalue weighted by molar-refractivity contribution is -0.128. The fraction of sp³-hybridized carbons (Fsp3) is 0.467. The minimum atomic E-state index is -0.406. The maximum absolute atomic E-state index is 13.2. The first-order chi connectivity index (χ1) is 10.0. The van der Waals surface area contributed by atoms with Gasteiger partial charge in [-0.1, -0.05) is 6.07 Å². The predicted molar refractivity (Wildman–Crippen MR) is 76.3 cm³/mol. The summed E-state index contributed by atoms with van der Waals surface area (Å²) in [5.74, 6) is -1.11. The third kappa shape index (κ3) is 3.78. The average Bonchev–Trinajstić information content (AvgIpc) is 2.82. The van der Waals surface area contributed by atoms with Crippen molar-refractivity contribution >= 4 is 17.5 Å². The molecular formula is C15H19FN2O3. The standard InChI is InChI=1S/C15H19FN2O3/c1-10-3-4-12(16)8-13(10)17-15(20)11-7-14(19)18(9-11)5-6-21-2/h3-4,8,11H,5-7,9H2,1-2H3,(H,17,20)/t11-/m0/s1. The molecule has 114 valence electrons. The van der Waals surface area contributed by atoms with E-state index < -0.39 is 11.7 Å². The molecule has 0 aliphatic carbocycles. The molecule has 0 unspecified atom stereocenters. The van der Waals surface area contributed by atoms with Crippen molar-refractivity contribution in [2.45, 2.75) is 13.3 Å². The van der Waals surface area contributed by atoms with Crippen LogP contribution in [0.2, 0.25) is 0 Å². The topological polar surface area (TPSA) is 58.6 Å². The van der Waals surface area contributed by atoms with Crippen LogP contribution >= 0.6 is 0 Å². The fourth-order valence-corrected chi connectivity index (χ4v) is 2.33. The van der Waals surface area contributed by atoms with E-state index in [0.29, 0.717) is 25.4 Å². The molecule has 0 spiro atoms. The summed E-state index contributed by atoms with van der Waals surface area (Å²) in [7, 11) is 1.57. The van der Waals surface area contributed by atoms with Crippen molar-refractivity contribution in [1.29, 1.82) is 0 Å². The zero-order chi connectivity index (χ0) is 15.4. The molecule has 21 heavy (non-hydrogen) atoms. The maximum Gasteiger partial charge on any atom is 0.229 e. The molecule has 0 radical (unpaired) electrons. The van der Waals surface area contributed by atoms with Crippen molar-refractivity contribution in [3.05, 3.63) is 29.6 Å². The number of ether oxygens (including phenoxy) is 1. The van der Waals surface area contributed by atoms with Gasteiger partial charge in [-0.2, -0.15) is 0 Å². The van der Waals surface area contributed by atoms with Gasteiger partial charge in [0.2, 0.25) is 11.8 Å². The number of carbonyl (C=O) groups is 2. The lowest BCUT2D eigenvalue weighted by atomic mass is 10.1. The van der Waals surface area contributed by atoms with E-state index in [-0.39, 0.29) is 18.2 Å². The Bertz CT molecular complexity index is 548. The maximum atomic E-state index is 13.2. The Hall–Kier alpha value is -1.95. The highest BCUT2D eigenvalue weighted by atomic mass is 19.1. The molecule has 1 aromatic carbocycles. The summed E-state index contributed by atoms with van der Waals surface area (Å²) in [4.78, 5) is 25.6. The van der Waals surface area contributed by atoms with Gasteiger partial charge in [0, 0.05) is 32.3 Å². The predicted octanol–water partition coefficient (Wildman–Crippen LogP) is 1.57. The molecular weight excluding hydrogens is 275 g/mol. The molecule has 0 saturated carbocycles. The van der Waals surface area contributed by atoms with Crippen molar-refractivity contribution in [3.63, 3.8) is 0 Å². The van der Waals surface area contributed by atoms with E-state index >= 15 is 0 Å². The van der Waals surface area contributed by atoms with Crippen LogP contribution < -0.4 is 5.32 Å². The molecule has 1 atom stereocenters. The number of carbonyl (C=O) groups excluding carboxylic acids is 2. The highest BCUT2D eigenvalue weighted by molar-refractivity contribution is 5.97. The minimum Gasteiger partial charge on any atom is -0.383 e. The number of halogens is 1. The van der Waals surface area contributed by atoms with Crippen LogP contribution in [0.4, 0.5) is 10.1 Å². The number of anilines is 1. The number of nitrogens with zero attached hydrogens (tertiary/aromatic N) is 1. The molecule has 6 heteroatoms. The summed E-state index contributed by atoms with van der Waals surface area (Å²) in [5, 5.41) is 2.70. The van der Waals surface area contributed by atoms with Gasteiger partial charge < -0.3 is 15.0 Å². The Labute approximate surface area is 123 Å².